The summed E-state index contributed by atoms with van der Waals surface area (Å²) >= 11 is 5.24. The van der Waals surface area contributed by atoms with Crippen LogP contribution in [0.2, 0.25) is 0 Å². The van der Waals surface area contributed by atoms with E-state index in [0.29, 0.717) is 0 Å². The third kappa shape index (κ3) is 2.24. The molecule has 0 aromatic rings. The molecular formula is C5H5ClO. The van der Waals surface area contributed by atoms with Crippen LogP contribution in [-0.4, -0.2) is 11.2 Å². The molecule has 0 aliphatic carbocycles. The molecule has 0 rings (SSSR count). The first kappa shape index (κ1) is 6.52. The van der Waals surface area contributed by atoms with E-state index in [1.165, 1.54) is 0 Å². The van der Waals surface area contributed by atoms with Crippen molar-refractivity contribution in [1.82, 2.24) is 0 Å². The van der Waals surface area contributed by atoms with Crippen molar-refractivity contribution in [2.45, 2.75) is 12.3 Å². The molecule has 2 heteroatoms. The van der Waals surface area contributed by atoms with Crippen LogP contribution in [0.1, 0.15) is 6.92 Å². The number of alkyl halides is 1. The molecule has 0 saturated heterocycles. The van der Waals surface area contributed by atoms with Gasteiger partial charge in [-0.15, -0.1) is 18.0 Å². The second-order valence-electron chi connectivity index (χ2n) is 1.12. The summed E-state index contributed by atoms with van der Waals surface area (Å²) in [6, 6.07) is 0. The molecule has 0 saturated carbocycles. The minimum Gasteiger partial charge on any atom is -0.283 e. The molecule has 1 nitrogen and oxygen atoms in total. The van der Waals surface area contributed by atoms with Gasteiger partial charge in [0.1, 0.15) is 5.38 Å². The molecule has 0 bridgehead atoms. The molecule has 0 fully saturated rings. The van der Waals surface area contributed by atoms with Crippen LogP contribution in [0.4, 0.5) is 0 Å². The minimum absolute atomic E-state index is 0.360. The lowest BCUT2D eigenvalue weighted by Crippen LogP contribution is -2.05. The molecule has 0 aliphatic heterocycles. The fourth-order valence-electron chi connectivity index (χ4n) is 0.115. The number of halogens is 1. The zero-order valence-corrected chi connectivity index (χ0v) is 4.70. The second kappa shape index (κ2) is 2.65. The van der Waals surface area contributed by atoms with Gasteiger partial charge in [-0.2, -0.15) is 0 Å². The Morgan fingerprint density at radius 3 is 2.43 bits per heavy atom. The van der Waals surface area contributed by atoms with Gasteiger partial charge >= 0.3 is 0 Å². The number of carbonyl (C=O) groups excluding carboxylic acids is 1. The van der Waals surface area contributed by atoms with E-state index < -0.39 is 5.38 Å². The number of ketones is 1. The summed E-state index contributed by atoms with van der Waals surface area (Å²) in [7, 11) is 0. The summed E-state index contributed by atoms with van der Waals surface area (Å²) in [6.07, 6.45) is 4.69. The third-order valence-corrected chi connectivity index (χ3v) is 0.702. The first-order valence-corrected chi connectivity index (χ1v) is 2.26. The molecule has 0 aliphatic rings. The fourth-order valence-corrected chi connectivity index (χ4v) is 0.178. The van der Waals surface area contributed by atoms with E-state index in [2.05, 4.69) is 6.42 Å². The van der Waals surface area contributed by atoms with Crippen molar-refractivity contribution in [3.63, 3.8) is 0 Å². The molecule has 38 valence electrons. The van der Waals surface area contributed by atoms with Gasteiger partial charge in [-0.1, -0.05) is 0 Å². The maximum absolute atomic E-state index is 10.1. The molecule has 1 atom stereocenters. The quantitative estimate of drug-likeness (QED) is 0.282. The number of terminal acetylenes is 1. The van der Waals surface area contributed by atoms with E-state index in [1.54, 1.807) is 6.92 Å². The third-order valence-electron chi connectivity index (χ3n) is 0.504. The number of rotatable bonds is 1. The zero-order chi connectivity index (χ0) is 5.86. The summed E-state index contributed by atoms with van der Waals surface area (Å²) in [6.45, 7) is 1.55. The molecule has 0 N–H and O–H groups in total. The average Bonchev–Trinajstić information content (AvgIpc) is 1.65. The molecule has 0 aromatic heterocycles. The molecule has 0 radical (unpaired) electrons. The summed E-state index contributed by atoms with van der Waals surface area (Å²) in [5.74, 6) is 1.53. The Hall–Kier alpha value is -0.480. The Morgan fingerprint density at radius 1 is 2.00 bits per heavy atom. The van der Waals surface area contributed by atoms with Crippen molar-refractivity contribution in [3.05, 3.63) is 0 Å². The lowest BCUT2D eigenvalue weighted by atomic mass is 10.3. The maximum Gasteiger partial charge on any atom is 0.222 e. The first-order chi connectivity index (χ1) is 3.18. The highest BCUT2D eigenvalue weighted by atomic mass is 35.5. The lowest BCUT2D eigenvalue weighted by molar-refractivity contribution is -0.113. The van der Waals surface area contributed by atoms with Crippen LogP contribution in [0.15, 0.2) is 0 Å². The zero-order valence-electron chi connectivity index (χ0n) is 3.94. The largest absolute Gasteiger partial charge is 0.283 e. The summed E-state index contributed by atoms with van der Waals surface area (Å²) in [5.41, 5.74) is 0. The smallest absolute Gasteiger partial charge is 0.222 e. The lowest BCUT2D eigenvalue weighted by Gasteiger charge is -1.87. The predicted molar refractivity (Wildman–Crippen MR) is 29.2 cm³/mol. The van der Waals surface area contributed by atoms with Crippen LogP contribution in [-0.2, 0) is 4.79 Å². The highest BCUT2D eigenvalue weighted by Gasteiger charge is 2.02. The Morgan fingerprint density at radius 2 is 2.43 bits per heavy atom. The van der Waals surface area contributed by atoms with Crippen molar-refractivity contribution < 1.29 is 4.79 Å². The Kier molecular flexibility index (Phi) is 2.47. The normalized spacial score (nSPS) is 12.1. The van der Waals surface area contributed by atoms with Gasteiger partial charge in [0.05, 0.1) is 0 Å². The molecule has 0 spiro atoms. The Balaban J connectivity index is 3.64. The van der Waals surface area contributed by atoms with Crippen LogP contribution in [0, 0.1) is 12.3 Å². The highest BCUT2D eigenvalue weighted by Crippen LogP contribution is 1.91. The fraction of sp³-hybridized carbons (Fsp3) is 0.400. The van der Waals surface area contributed by atoms with E-state index >= 15 is 0 Å². The SMILES string of the molecule is C#CC(=O)C(C)Cl. The van der Waals surface area contributed by atoms with E-state index in [-0.39, 0.29) is 5.78 Å². The predicted octanol–water partition coefficient (Wildman–Crippen LogP) is 0.816. The minimum atomic E-state index is -0.537. The molecule has 1 unspecified atom stereocenters. The maximum atomic E-state index is 10.1. The van der Waals surface area contributed by atoms with Crippen LogP contribution < -0.4 is 0 Å². The number of carbonyl (C=O) groups is 1. The van der Waals surface area contributed by atoms with Crippen molar-refractivity contribution in [1.29, 1.82) is 0 Å². The molecule has 0 aromatic carbocycles. The second-order valence-corrected chi connectivity index (χ2v) is 1.78. The Labute approximate surface area is 47.7 Å². The monoisotopic (exact) mass is 116 g/mol. The van der Waals surface area contributed by atoms with Crippen LogP contribution in [0.5, 0.6) is 0 Å². The highest BCUT2D eigenvalue weighted by molar-refractivity contribution is 6.33. The van der Waals surface area contributed by atoms with Gasteiger partial charge in [0.15, 0.2) is 0 Å². The topological polar surface area (TPSA) is 17.1 Å². The Bertz CT molecular complexity index is 110. The molecule has 0 amide bonds. The van der Waals surface area contributed by atoms with E-state index in [0.717, 1.165) is 0 Å². The van der Waals surface area contributed by atoms with Crippen molar-refractivity contribution in [2.24, 2.45) is 0 Å². The number of hydrogen-bond donors (Lipinski definition) is 0. The van der Waals surface area contributed by atoms with E-state index in [9.17, 15) is 4.79 Å². The summed E-state index contributed by atoms with van der Waals surface area (Å²) < 4.78 is 0. The van der Waals surface area contributed by atoms with Crippen LogP contribution in [0.3, 0.4) is 0 Å². The molecular weight excluding hydrogens is 112 g/mol. The van der Waals surface area contributed by atoms with Crippen LogP contribution in [0.25, 0.3) is 0 Å². The van der Waals surface area contributed by atoms with Gasteiger partial charge < -0.3 is 0 Å². The average molecular weight is 117 g/mol. The van der Waals surface area contributed by atoms with Crippen molar-refractivity contribution >= 4 is 17.4 Å². The summed E-state index contributed by atoms with van der Waals surface area (Å²) in [5, 5.41) is -0.537. The number of Topliss-reactive ketones (excluding diaryl/α,β-unsaturated/α-hetero) is 1. The van der Waals surface area contributed by atoms with Crippen molar-refractivity contribution in [2.75, 3.05) is 0 Å². The van der Waals surface area contributed by atoms with Gasteiger partial charge in [0.2, 0.25) is 5.78 Å². The first-order valence-electron chi connectivity index (χ1n) is 1.83. The standard InChI is InChI=1S/C5H5ClO/c1-3-5(7)4(2)6/h1,4H,2H3. The van der Waals surface area contributed by atoms with Gasteiger partial charge in [0, 0.05) is 0 Å². The number of hydrogen-bond acceptors (Lipinski definition) is 1. The van der Waals surface area contributed by atoms with E-state index in [1.807, 2.05) is 5.92 Å². The molecule has 7 heavy (non-hydrogen) atoms. The van der Waals surface area contributed by atoms with Gasteiger partial charge in [-0.05, 0) is 12.8 Å². The molecule has 0 heterocycles. The van der Waals surface area contributed by atoms with E-state index in [4.69, 9.17) is 11.6 Å². The van der Waals surface area contributed by atoms with Crippen LogP contribution >= 0.6 is 11.6 Å². The van der Waals surface area contributed by atoms with Crippen molar-refractivity contribution in [3.8, 4) is 12.3 Å². The van der Waals surface area contributed by atoms with Gasteiger partial charge in [-0.3, -0.25) is 4.79 Å². The van der Waals surface area contributed by atoms with Gasteiger partial charge in [0.25, 0.3) is 0 Å². The van der Waals surface area contributed by atoms with Gasteiger partial charge in [-0.25, -0.2) is 0 Å². The summed E-state index contributed by atoms with van der Waals surface area (Å²) in [4.78, 5) is 10.1.